The number of aryl methyl sites for hydroxylation is 1. The fraction of sp³-hybridized carbons (Fsp3) is 0.0769. The van der Waals surface area contributed by atoms with Crippen LogP contribution in [0.2, 0.25) is 5.02 Å². The van der Waals surface area contributed by atoms with Crippen LogP contribution in [0, 0.1) is 17.0 Å². The third-order valence-corrected chi connectivity index (χ3v) is 2.95. The number of carbonyl (C=O) groups is 1. The number of nitrogens with zero attached hydrogens (tertiary/aromatic N) is 2. The summed E-state index contributed by atoms with van der Waals surface area (Å²) in [6.07, 6.45) is 0. The van der Waals surface area contributed by atoms with Gasteiger partial charge in [0.15, 0.2) is 0 Å². The van der Waals surface area contributed by atoms with Crippen LogP contribution < -0.4 is 4.74 Å². The second-order valence-corrected chi connectivity index (χ2v) is 4.47. The Hall–Kier alpha value is -2.67. The van der Waals surface area contributed by atoms with E-state index >= 15 is 0 Å². The number of pyridine rings is 1. The van der Waals surface area contributed by atoms with Gasteiger partial charge in [-0.2, -0.15) is 0 Å². The van der Waals surface area contributed by atoms with Crippen LogP contribution in [-0.4, -0.2) is 21.0 Å². The maximum absolute atomic E-state index is 11.0. The Morgan fingerprint density at radius 3 is 2.67 bits per heavy atom. The second-order valence-electron chi connectivity index (χ2n) is 4.06. The van der Waals surface area contributed by atoms with Crippen LogP contribution in [0.25, 0.3) is 0 Å². The minimum Gasteiger partial charge on any atom is -0.478 e. The van der Waals surface area contributed by atoms with Gasteiger partial charge >= 0.3 is 5.97 Å². The molecule has 1 aromatic heterocycles. The number of carboxylic acid groups (broad SMARTS) is 1. The predicted molar refractivity (Wildman–Crippen MR) is 74.1 cm³/mol. The van der Waals surface area contributed by atoms with Crippen molar-refractivity contribution in [3.8, 4) is 11.6 Å². The fourth-order valence-corrected chi connectivity index (χ4v) is 1.83. The van der Waals surface area contributed by atoms with Gasteiger partial charge in [-0.15, -0.1) is 0 Å². The molecule has 0 radical (unpaired) electrons. The lowest BCUT2D eigenvalue weighted by Crippen LogP contribution is -1.99. The lowest BCUT2D eigenvalue weighted by Gasteiger charge is -2.07. The topological polar surface area (TPSA) is 103 Å². The Labute approximate surface area is 123 Å². The number of benzene rings is 1. The minimum atomic E-state index is -1.18. The molecular weight excluding hydrogens is 300 g/mol. The summed E-state index contributed by atoms with van der Waals surface area (Å²) in [6.45, 7) is 1.48. The van der Waals surface area contributed by atoms with E-state index < -0.39 is 10.9 Å². The largest absolute Gasteiger partial charge is 0.478 e. The Morgan fingerprint density at radius 1 is 1.38 bits per heavy atom. The van der Waals surface area contributed by atoms with Crippen molar-refractivity contribution in [2.75, 3.05) is 0 Å². The molecule has 7 nitrogen and oxygen atoms in total. The third kappa shape index (κ3) is 3.26. The molecule has 0 bridgehead atoms. The lowest BCUT2D eigenvalue weighted by atomic mass is 10.2. The number of halogens is 1. The van der Waals surface area contributed by atoms with Gasteiger partial charge in [0.1, 0.15) is 11.4 Å². The number of aromatic nitrogens is 1. The highest BCUT2D eigenvalue weighted by atomic mass is 35.5. The van der Waals surface area contributed by atoms with E-state index in [1.807, 2.05) is 0 Å². The van der Waals surface area contributed by atoms with E-state index in [4.69, 9.17) is 21.4 Å². The predicted octanol–water partition coefficient (Wildman–Crippen LogP) is 3.44. The molecule has 21 heavy (non-hydrogen) atoms. The van der Waals surface area contributed by atoms with E-state index in [0.717, 1.165) is 0 Å². The summed E-state index contributed by atoms with van der Waals surface area (Å²) < 4.78 is 5.38. The highest BCUT2D eigenvalue weighted by Crippen LogP contribution is 2.27. The highest BCUT2D eigenvalue weighted by molar-refractivity contribution is 6.33. The van der Waals surface area contributed by atoms with E-state index in [9.17, 15) is 14.9 Å². The fourth-order valence-electron chi connectivity index (χ4n) is 1.63. The van der Waals surface area contributed by atoms with E-state index in [2.05, 4.69) is 4.98 Å². The smallest absolute Gasteiger partial charge is 0.337 e. The molecule has 2 rings (SSSR count). The first-order valence-corrected chi connectivity index (χ1v) is 6.09. The summed E-state index contributed by atoms with van der Waals surface area (Å²) in [5, 5.41) is 19.7. The van der Waals surface area contributed by atoms with Crippen LogP contribution in [0.15, 0.2) is 30.3 Å². The molecule has 0 unspecified atom stereocenters. The summed E-state index contributed by atoms with van der Waals surface area (Å²) in [5.41, 5.74) is -0.0256. The first kappa shape index (κ1) is 14.7. The van der Waals surface area contributed by atoms with Crippen LogP contribution in [-0.2, 0) is 0 Å². The standard InChI is InChI=1S/C13H9ClN2O5/c1-7-11(16(19)20)4-5-12(15-7)21-8-2-3-10(14)9(6-8)13(17)18/h2-6H,1H3,(H,17,18). The van der Waals surface area contributed by atoms with E-state index in [0.29, 0.717) is 0 Å². The van der Waals surface area contributed by atoms with Crippen molar-refractivity contribution >= 4 is 23.3 Å². The van der Waals surface area contributed by atoms with Crippen molar-refractivity contribution in [2.24, 2.45) is 0 Å². The molecule has 0 saturated carbocycles. The molecule has 0 aliphatic heterocycles. The van der Waals surface area contributed by atoms with Crippen LogP contribution in [0.5, 0.6) is 11.6 Å². The molecule has 1 aromatic carbocycles. The SMILES string of the molecule is Cc1nc(Oc2ccc(Cl)c(C(=O)O)c2)ccc1[N+](=O)[O-]. The van der Waals surface area contributed by atoms with Crippen molar-refractivity contribution in [3.05, 3.63) is 56.7 Å². The normalized spacial score (nSPS) is 10.2. The Balaban J connectivity index is 2.30. The van der Waals surface area contributed by atoms with E-state index in [1.165, 1.54) is 37.3 Å². The van der Waals surface area contributed by atoms with Crippen molar-refractivity contribution in [3.63, 3.8) is 0 Å². The zero-order chi connectivity index (χ0) is 15.6. The molecule has 8 heteroatoms. The molecule has 0 atom stereocenters. The number of hydrogen-bond donors (Lipinski definition) is 1. The zero-order valence-electron chi connectivity index (χ0n) is 10.7. The molecule has 1 N–H and O–H groups in total. The summed E-state index contributed by atoms with van der Waals surface area (Å²) >= 11 is 5.75. The van der Waals surface area contributed by atoms with Gasteiger partial charge in [0.05, 0.1) is 15.5 Å². The Morgan fingerprint density at radius 2 is 2.10 bits per heavy atom. The lowest BCUT2D eigenvalue weighted by molar-refractivity contribution is -0.385. The molecule has 108 valence electrons. The molecule has 0 aliphatic rings. The summed E-state index contributed by atoms with van der Waals surface area (Å²) in [4.78, 5) is 25.1. The van der Waals surface area contributed by atoms with Gasteiger partial charge < -0.3 is 9.84 Å². The Bertz CT molecular complexity index is 732. The molecule has 1 heterocycles. The number of aromatic carboxylic acids is 1. The van der Waals surface area contributed by atoms with Gasteiger partial charge in [0.2, 0.25) is 5.88 Å². The van der Waals surface area contributed by atoms with E-state index in [1.54, 1.807) is 0 Å². The average Bonchev–Trinajstić information content (AvgIpc) is 2.40. The average molecular weight is 309 g/mol. The molecule has 0 saturated heterocycles. The highest BCUT2D eigenvalue weighted by Gasteiger charge is 2.14. The minimum absolute atomic E-state index is 0.0858. The summed E-state index contributed by atoms with van der Waals surface area (Å²) in [5.74, 6) is -0.840. The first-order valence-electron chi connectivity index (χ1n) is 5.71. The van der Waals surface area contributed by atoms with Crippen LogP contribution in [0.3, 0.4) is 0 Å². The van der Waals surface area contributed by atoms with Crippen molar-refractivity contribution in [1.82, 2.24) is 4.98 Å². The maximum Gasteiger partial charge on any atom is 0.337 e. The van der Waals surface area contributed by atoms with Crippen LogP contribution >= 0.6 is 11.6 Å². The van der Waals surface area contributed by atoms with Crippen molar-refractivity contribution in [1.29, 1.82) is 0 Å². The molecule has 0 aliphatic carbocycles. The third-order valence-electron chi connectivity index (χ3n) is 2.62. The molecule has 2 aromatic rings. The van der Waals surface area contributed by atoms with Gasteiger partial charge in [-0.1, -0.05) is 11.6 Å². The van der Waals surface area contributed by atoms with Gasteiger partial charge in [-0.05, 0) is 25.1 Å². The number of hydrogen-bond acceptors (Lipinski definition) is 5. The van der Waals surface area contributed by atoms with Crippen LogP contribution in [0.1, 0.15) is 16.1 Å². The molecule has 0 spiro atoms. The summed E-state index contributed by atoms with van der Waals surface area (Å²) in [6, 6.07) is 6.72. The Kier molecular flexibility index (Phi) is 4.04. The van der Waals surface area contributed by atoms with Gasteiger partial charge in [-0.3, -0.25) is 10.1 Å². The molecular formula is C13H9ClN2O5. The second kappa shape index (κ2) is 5.76. The van der Waals surface area contributed by atoms with Crippen LogP contribution in [0.4, 0.5) is 5.69 Å². The maximum atomic E-state index is 11.0. The van der Waals surface area contributed by atoms with Gasteiger partial charge in [0.25, 0.3) is 5.69 Å². The number of carboxylic acids is 1. The zero-order valence-corrected chi connectivity index (χ0v) is 11.5. The van der Waals surface area contributed by atoms with Crippen molar-refractivity contribution < 1.29 is 19.6 Å². The number of nitro groups is 1. The number of rotatable bonds is 4. The quantitative estimate of drug-likeness (QED) is 0.685. The monoisotopic (exact) mass is 308 g/mol. The van der Waals surface area contributed by atoms with E-state index in [-0.39, 0.29) is 33.6 Å². The molecule has 0 fully saturated rings. The van der Waals surface area contributed by atoms with Gasteiger partial charge in [0, 0.05) is 12.1 Å². The molecule has 0 amide bonds. The summed E-state index contributed by atoms with van der Waals surface area (Å²) in [7, 11) is 0. The van der Waals surface area contributed by atoms with Gasteiger partial charge in [-0.25, -0.2) is 9.78 Å². The van der Waals surface area contributed by atoms with Crippen molar-refractivity contribution in [2.45, 2.75) is 6.92 Å². The first-order chi connectivity index (χ1) is 9.88. The number of ether oxygens (including phenoxy) is 1.